The number of aryl methyl sites for hydroxylation is 1. The van der Waals surface area contributed by atoms with Gasteiger partial charge in [0.25, 0.3) is 0 Å². The van der Waals surface area contributed by atoms with Gasteiger partial charge >= 0.3 is 0 Å². The lowest BCUT2D eigenvalue weighted by molar-refractivity contribution is 0.0945. The summed E-state index contributed by atoms with van der Waals surface area (Å²) in [6.07, 6.45) is 7.11. The first-order valence-electron chi connectivity index (χ1n) is 11.9. The van der Waals surface area contributed by atoms with Crippen LogP contribution in [0.4, 0.5) is 0 Å². The van der Waals surface area contributed by atoms with E-state index in [1.54, 1.807) is 24.3 Å². The van der Waals surface area contributed by atoms with Crippen LogP contribution in [0.2, 0.25) is 0 Å². The second-order valence-electron chi connectivity index (χ2n) is 9.11. The molecule has 2 aliphatic rings. The Kier molecular flexibility index (Phi) is 5.07. The molecule has 0 spiro atoms. The van der Waals surface area contributed by atoms with Crippen LogP contribution in [0, 0.1) is 5.92 Å². The Morgan fingerprint density at radius 1 is 0.618 bits per heavy atom. The van der Waals surface area contributed by atoms with Gasteiger partial charge in [0.05, 0.1) is 0 Å². The van der Waals surface area contributed by atoms with Gasteiger partial charge in [-0.2, -0.15) is 0 Å². The molecule has 2 nitrogen and oxygen atoms in total. The highest BCUT2D eigenvalue weighted by Crippen LogP contribution is 2.26. The normalized spacial score (nSPS) is 15.7. The van der Waals surface area contributed by atoms with E-state index in [2.05, 4.69) is 48.6 Å². The number of fused-ring (bicyclic) bond motifs is 5. The summed E-state index contributed by atoms with van der Waals surface area (Å²) in [7, 11) is 0. The number of hydrogen-bond acceptors (Lipinski definition) is 2. The molecule has 0 amide bonds. The number of Topliss-reactive ketones (excluding diaryl/α,β-unsaturated/α-hetero) is 1. The van der Waals surface area contributed by atoms with E-state index < -0.39 is 0 Å². The van der Waals surface area contributed by atoms with E-state index in [-0.39, 0.29) is 17.5 Å². The third kappa shape index (κ3) is 3.52. The molecule has 0 saturated carbocycles. The predicted molar refractivity (Wildman–Crippen MR) is 136 cm³/mol. The number of rotatable bonds is 4. The van der Waals surface area contributed by atoms with Crippen LogP contribution in [0.5, 0.6) is 0 Å². The second-order valence-corrected chi connectivity index (χ2v) is 9.11. The lowest BCUT2D eigenvalue weighted by atomic mass is 9.82. The van der Waals surface area contributed by atoms with Gasteiger partial charge in [0, 0.05) is 22.6 Å². The quantitative estimate of drug-likeness (QED) is 0.412. The van der Waals surface area contributed by atoms with Crippen LogP contribution in [0.1, 0.15) is 43.8 Å². The second kappa shape index (κ2) is 8.39. The van der Waals surface area contributed by atoms with E-state index in [0.717, 1.165) is 19.3 Å². The first-order chi connectivity index (χ1) is 16.7. The van der Waals surface area contributed by atoms with Crippen LogP contribution in [-0.2, 0) is 12.8 Å². The number of carbonyl (C=O) groups excluding carboxylic acids is 2. The highest BCUT2D eigenvalue weighted by atomic mass is 16.1. The average molecular weight is 441 g/mol. The third-order valence-electron chi connectivity index (χ3n) is 7.11. The van der Waals surface area contributed by atoms with Crippen molar-refractivity contribution in [1.82, 2.24) is 0 Å². The topological polar surface area (TPSA) is 34.1 Å². The highest BCUT2D eigenvalue weighted by Gasteiger charge is 2.23. The van der Waals surface area contributed by atoms with Gasteiger partial charge in [0.15, 0.2) is 11.6 Å². The molecule has 34 heavy (non-hydrogen) atoms. The molecule has 4 aromatic rings. The van der Waals surface area contributed by atoms with Crippen molar-refractivity contribution in [2.24, 2.45) is 5.92 Å². The van der Waals surface area contributed by atoms with Crippen molar-refractivity contribution in [1.29, 1.82) is 0 Å². The molecule has 2 aliphatic carbocycles. The summed E-state index contributed by atoms with van der Waals surface area (Å²) in [5.41, 5.74) is 7.14. The average Bonchev–Trinajstić information content (AvgIpc) is 2.92. The Morgan fingerprint density at radius 3 is 2.15 bits per heavy atom. The van der Waals surface area contributed by atoms with Gasteiger partial charge < -0.3 is 0 Å². The molecule has 4 aromatic carbocycles. The fourth-order valence-electron chi connectivity index (χ4n) is 5.28. The van der Waals surface area contributed by atoms with Crippen molar-refractivity contribution < 1.29 is 9.59 Å². The highest BCUT2D eigenvalue weighted by molar-refractivity contribution is 6.09. The summed E-state index contributed by atoms with van der Waals surface area (Å²) < 4.78 is 0. The molecule has 0 aliphatic heterocycles. The van der Waals surface area contributed by atoms with E-state index >= 15 is 0 Å². The Bertz CT molecular complexity index is 1540. The lowest BCUT2D eigenvalue weighted by Crippen LogP contribution is -2.37. The zero-order chi connectivity index (χ0) is 23.1. The van der Waals surface area contributed by atoms with Gasteiger partial charge in [-0.25, -0.2) is 0 Å². The fraction of sp³-hybridized carbons (Fsp3) is 0.125. The molecular formula is C32H24O2. The number of hydrogen-bond donors (Lipinski definition) is 0. The van der Waals surface area contributed by atoms with E-state index in [1.807, 2.05) is 30.3 Å². The van der Waals surface area contributed by atoms with Crippen molar-refractivity contribution in [3.05, 3.63) is 129 Å². The molecule has 0 saturated heterocycles. The van der Waals surface area contributed by atoms with Gasteiger partial charge in [-0.15, -0.1) is 0 Å². The van der Waals surface area contributed by atoms with Gasteiger partial charge in [-0.05, 0) is 52.0 Å². The van der Waals surface area contributed by atoms with Crippen molar-refractivity contribution in [2.75, 3.05) is 0 Å². The lowest BCUT2D eigenvalue weighted by Gasteiger charge is -2.21. The largest absolute Gasteiger partial charge is 0.294 e. The van der Waals surface area contributed by atoms with Crippen LogP contribution in [0.25, 0.3) is 23.3 Å². The maximum atomic E-state index is 13.4. The zero-order valence-corrected chi connectivity index (χ0v) is 18.8. The summed E-state index contributed by atoms with van der Waals surface area (Å²) in [6.45, 7) is 0. The SMILES string of the molecule is O=C(c1ccccc1)c1ccc(C(=O)C2C=c3c(ccc4c3=CCc3ccccc3-4)CC2)cc1. The molecule has 0 fully saturated rings. The Balaban J connectivity index is 1.32. The van der Waals surface area contributed by atoms with E-state index in [0.29, 0.717) is 16.7 Å². The minimum atomic E-state index is -0.153. The summed E-state index contributed by atoms with van der Waals surface area (Å²) in [5.74, 6) is -0.0568. The fourth-order valence-corrected chi connectivity index (χ4v) is 5.28. The van der Waals surface area contributed by atoms with Gasteiger partial charge in [-0.1, -0.05) is 103 Å². The maximum Gasteiger partial charge on any atom is 0.193 e. The molecule has 0 radical (unpaired) electrons. The molecule has 1 unspecified atom stereocenters. The Labute approximate surface area is 198 Å². The number of benzene rings is 4. The maximum absolute atomic E-state index is 13.4. The zero-order valence-electron chi connectivity index (χ0n) is 18.8. The number of carbonyl (C=O) groups is 2. The predicted octanol–water partition coefficient (Wildman–Crippen LogP) is 5.15. The number of ketones is 2. The molecular weight excluding hydrogens is 416 g/mol. The molecule has 2 heteroatoms. The minimum absolute atomic E-state index is 0.0276. The summed E-state index contributed by atoms with van der Waals surface area (Å²) in [6, 6.07) is 29.4. The molecule has 0 aromatic heterocycles. The van der Waals surface area contributed by atoms with Crippen LogP contribution >= 0.6 is 0 Å². The third-order valence-corrected chi connectivity index (χ3v) is 7.11. The van der Waals surface area contributed by atoms with Crippen molar-refractivity contribution in [3.63, 3.8) is 0 Å². The smallest absolute Gasteiger partial charge is 0.193 e. The molecule has 0 N–H and O–H groups in total. The first kappa shape index (κ1) is 20.6. The van der Waals surface area contributed by atoms with E-state index in [4.69, 9.17) is 0 Å². The molecule has 6 rings (SSSR count). The molecule has 164 valence electrons. The van der Waals surface area contributed by atoms with E-state index in [9.17, 15) is 9.59 Å². The molecule has 0 heterocycles. The molecule has 0 bridgehead atoms. The van der Waals surface area contributed by atoms with Gasteiger partial charge in [0.2, 0.25) is 0 Å². The van der Waals surface area contributed by atoms with Gasteiger partial charge in [0.1, 0.15) is 0 Å². The van der Waals surface area contributed by atoms with Crippen molar-refractivity contribution in [2.45, 2.75) is 19.3 Å². The van der Waals surface area contributed by atoms with Crippen LogP contribution in [0.15, 0.2) is 91.0 Å². The molecule has 1 atom stereocenters. The summed E-state index contributed by atoms with van der Waals surface area (Å²) >= 11 is 0. The Hall–Kier alpha value is -4.04. The standard InChI is InChI=1S/C32H24O2/c33-31(23-7-2-1-3-8-23)24-11-13-25(14-12-24)32(34)26-15-10-22-17-18-28-27-9-5-4-6-21(27)16-19-29(28)30(22)20-26/h1-9,11-14,17-20,26H,10,15-16H2. The summed E-state index contributed by atoms with van der Waals surface area (Å²) in [4.78, 5) is 26.1. The van der Waals surface area contributed by atoms with Crippen molar-refractivity contribution >= 4 is 23.7 Å². The van der Waals surface area contributed by atoms with Gasteiger partial charge in [-0.3, -0.25) is 9.59 Å². The van der Waals surface area contributed by atoms with Crippen LogP contribution in [-0.4, -0.2) is 11.6 Å². The van der Waals surface area contributed by atoms with Crippen LogP contribution in [0.3, 0.4) is 0 Å². The minimum Gasteiger partial charge on any atom is -0.294 e. The van der Waals surface area contributed by atoms with Crippen molar-refractivity contribution in [3.8, 4) is 11.1 Å². The van der Waals surface area contributed by atoms with Crippen LogP contribution < -0.4 is 10.4 Å². The first-order valence-corrected chi connectivity index (χ1v) is 11.9. The Morgan fingerprint density at radius 2 is 1.32 bits per heavy atom. The van der Waals surface area contributed by atoms with E-state index in [1.165, 1.54) is 32.7 Å². The monoisotopic (exact) mass is 440 g/mol. The summed E-state index contributed by atoms with van der Waals surface area (Å²) in [5, 5.41) is 2.48.